The lowest BCUT2D eigenvalue weighted by Gasteiger charge is -2.25. The fraction of sp³-hybridized carbons (Fsp3) is 0.222. The number of fused-ring (bicyclic) bond motifs is 1. The molecule has 2 aromatic carbocycles. The third-order valence-electron chi connectivity index (χ3n) is 3.84. The molecule has 0 saturated carbocycles. The van der Waals surface area contributed by atoms with Gasteiger partial charge in [-0.15, -0.1) is 0 Å². The number of likely N-dealkylation sites (N-methyl/N-ethyl adjacent to an activating group) is 1. The first-order chi connectivity index (χ1) is 11.1. The second kappa shape index (κ2) is 6.52. The molecule has 5 heteroatoms. The third kappa shape index (κ3) is 3.34. The van der Waals surface area contributed by atoms with E-state index in [2.05, 4.69) is 10.3 Å². The minimum atomic E-state index is -0.00235. The summed E-state index contributed by atoms with van der Waals surface area (Å²) in [6, 6.07) is 17.3. The Labute approximate surface area is 134 Å². The highest BCUT2D eigenvalue weighted by Gasteiger charge is 2.17. The zero-order chi connectivity index (χ0) is 16.2. The molecular weight excluding hydrogens is 290 g/mol. The molecule has 0 fully saturated rings. The molecule has 1 unspecified atom stereocenters. The minimum absolute atomic E-state index is 0.00211. The topological polar surface area (TPSA) is 58.4 Å². The van der Waals surface area contributed by atoms with Gasteiger partial charge in [-0.3, -0.25) is 4.79 Å². The standard InChI is InChI=1S/C18H19N3O2/c1-13(21(2)17(22)14-8-4-3-5-9-14)12-19-18-20-15-10-6-7-11-16(15)23-18/h3-11,13H,12H2,1-2H3,(H,19,20). The normalized spacial score (nSPS) is 12.1. The smallest absolute Gasteiger partial charge is 0.295 e. The molecule has 3 rings (SSSR count). The van der Waals surface area contributed by atoms with E-state index in [1.54, 1.807) is 11.9 Å². The van der Waals surface area contributed by atoms with Crippen LogP contribution in [0.1, 0.15) is 17.3 Å². The molecule has 5 nitrogen and oxygen atoms in total. The van der Waals surface area contributed by atoms with Crippen molar-refractivity contribution in [3.8, 4) is 0 Å². The summed E-state index contributed by atoms with van der Waals surface area (Å²) in [7, 11) is 1.80. The van der Waals surface area contributed by atoms with Crippen LogP contribution in [-0.4, -0.2) is 35.4 Å². The van der Waals surface area contributed by atoms with Crippen LogP contribution in [0.15, 0.2) is 59.0 Å². The average Bonchev–Trinajstić information content (AvgIpc) is 3.02. The van der Waals surface area contributed by atoms with Gasteiger partial charge >= 0.3 is 0 Å². The molecule has 23 heavy (non-hydrogen) atoms. The van der Waals surface area contributed by atoms with Crippen molar-refractivity contribution in [1.82, 2.24) is 9.88 Å². The van der Waals surface area contributed by atoms with Gasteiger partial charge in [-0.1, -0.05) is 30.3 Å². The quantitative estimate of drug-likeness (QED) is 0.785. The van der Waals surface area contributed by atoms with E-state index in [-0.39, 0.29) is 11.9 Å². The summed E-state index contributed by atoms with van der Waals surface area (Å²) >= 11 is 0. The summed E-state index contributed by atoms with van der Waals surface area (Å²) < 4.78 is 5.62. The van der Waals surface area contributed by atoms with Gasteiger partial charge in [0.15, 0.2) is 5.58 Å². The fourth-order valence-electron chi connectivity index (χ4n) is 2.30. The maximum Gasteiger partial charge on any atom is 0.295 e. The van der Waals surface area contributed by atoms with Gasteiger partial charge < -0.3 is 14.6 Å². The second-order valence-corrected chi connectivity index (χ2v) is 5.50. The van der Waals surface area contributed by atoms with Crippen molar-refractivity contribution in [3.63, 3.8) is 0 Å². The molecule has 1 heterocycles. The van der Waals surface area contributed by atoms with Crippen LogP contribution in [0, 0.1) is 0 Å². The van der Waals surface area contributed by atoms with Gasteiger partial charge in [0, 0.05) is 25.2 Å². The summed E-state index contributed by atoms with van der Waals surface area (Å²) in [5, 5.41) is 3.15. The molecule has 1 atom stereocenters. The summed E-state index contributed by atoms with van der Waals surface area (Å²) in [6.07, 6.45) is 0. The van der Waals surface area contributed by atoms with Crippen molar-refractivity contribution >= 4 is 23.0 Å². The number of benzene rings is 2. The number of nitrogens with one attached hydrogen (secondary N) is 1. The first kappa shape index (κ1) is 15.1. The minimum Gasteiger partial charge on any atom is -0.424 e. The Kier molecular flexibility index (Phi) is 4.28. The molecule has 3 aromatic rings. The van der Waals surface area contributed by atoms with Gasteiger partial charge in [-0.25, -0.2) is 0 Å². The van der Waals surface area contributed by atoms with Gasteiger partial charge in [0.25, 0.3) is 11.9 Å². The van der Waals surface area contributed by atoms with Crippen molar-refractivity contribution in [1.29, 1.82) is 0 Å². The third-order valence-corrected chi connectivity index (χ3v) is 3.84. The highest BCUT2D eigenvalue weighted by Crippen LogP contribution is 2.18. The second-order valence-electron chi connectivity index (χ2n) is 5.50. The monoisotopic (exact) mass is 309 g/mol. The van der Waals surface area contributed by atoms with E-state index in [9.17, 15) is 4.79 Å². The molecule has 0 aliphatic heterocycles. The number of oxazole rings is 1. The number of carbonyl (C=O) groups is 1. The lowest BCUT2D eigenvalue weighted by molar-refractivity contribution is 0.0750. The number of aromatic nitrogens is 1. The molecule has 1 aromatic heterocycles. The predicted molar refractivity (Wildman–Crippen MR) is 90.5 cm³/mol. The Balaban J connectivity index is 1.62. The molecular formula is C18H19N3O2. The van der Waals surface area contributed by atoms with Crippen LogP contribution in [0.4, 0.5) is 6.01 Å². The highest BCUT2D eigenvalue weighted by atomic mass is 16.4. The van der Waals surface area contributed by atoms with Crippen molar-refractivity contribution in [3.05, 3.63) is 60.2 Å². The number of rotatable bonds is 5. The van der Waals surface area contributed by atoms with Gasteiger partial charge in [0.05, 0.1) is 0 Å². The zero-order valence-electron chi connectivity index (χ0n) is 13.2. The van der Waals surface area contributed by atoms with E-state index in [1.807, 2.05) is 61.5 Å². The molecule has 0 aliphatic rings. The number of anilines is 1. The highest BCUT2D eigenvalue weighted by molar-refractivity contribution is 5.94. The van der Waals surface area contributed by atoms with Crippen LogP contribution in [0.3, 0.4) is 0 Å². The summed E-state index contributed by atoms with van der Waals surface area (Å²) in [5.41, 5.74) is 2.25. The maximum absolute atomic E-state index is 12.4. The Bertz CT molecular complexity index is 765. The SMILES string of the molecule is CC(CNc1nc2ccccc2o1)N(C)C(=O)c1ccccc1. The molecule has 0 aliphatic carbocycles. The van der Waals surface area contributed by atoms with Gasteiger partial charge in [0.1, 0.15) is 5.52 Å². The lowest BCUT2D eigenvalue weighted by atomic mass is 10.2. The molecule has 1 amide bonds. The number of para-hydroxylation sites is 2. The maximum atomic E-state index is 12.4. The van der Waals surface area contributed by atoms with Crippen LogP contribution >= 0.6 is 0 Å². The Morgan fingerprint density at radius 1 is 1.17 bits per heavy atom. The molecule has 0 spiro atoms. The van der Waals surface area contributed by atoms with E-state index >= 15 is 0 Å². The van der Waals surface area contributed by atoms with Crippen LogP contribution in [0.5, 0.6) is 0 Å². The number of carbonyl (C=O) groups excluding carboxylic acids is 1. The number of hydrogen-bond acceptors (Lipinski definition) is 4. The van der Waals surface area contributed by atoms with E-state index in [0.29, 0.717) is 18.1 Å². The van der Waals surface area contributed by atoms with Crippen molar-refractivity contribution in [2.24, 2.45) is 0 Å². The van der Waals surface area contributed by atoms with Crippen LogP contribution in [0.2, 0.25) is 0 Å². The first-order valence-corrected chi connectivity index (χ1v) is 7.57. The summed E-state index contributed by atoms with van der Waals surface area (Å²) in [5.74, 6) is -0.00235. The van der Waals surface area contributed by atoms with E-state index in [4.69, 9.17) is 4.42 Å². The average molecular weight is 309 g/mol. The van der Waals surface area contributed by atoms with E-state index < -0.39 is 0 Å². The van der Waals surface area contributed by atoms with Gasteiger partial charge in [-0.05, 0) is 31.2 Å². The Hall–Kier alpha value is -2.82. The molecule has 0 bridgehead atoms. The van der Waals surface area contributed by atoms with Crippen molar-refractivity contribution in [2.75, 3.05) is 18.9 Å². The summed E-state index contributed by atoms with van der Waals surface area (Å²) in [6.45, 7) is 2.54. The zero-order valence-corrected chi connectivity index (χ0v) is 13.2. The van der Waals surface area contributed by atoms with Crippen molar-refractivity contribution in [2.45, 2.75) is 13.0 Å². The number of amides is 1. The number of hydrogen-bond donors (Lipinski definition) is 1. The van der Waals surface area contributed by atoms with Crippen LogP contribution < -0.4 is 5.32 Å². The predicted octanol–water partition coefficient (Wildman–Crippen LogP) is 3.40. The number of nitrogens with zero attached hydrogens (tertiary/aromatic N) is 2. The molecule has 0 saturated heterocycles. The van der Waals surface area contributed by atoms with Gasteiger partial charge in [-0.2, -0.15) is 4.98 Å². The fourth-order valence-corrected chi connectivity index (χ4v) is 2.30. The molecule has 118 valence electrons. The Morgan fingerprint density at radius 3 is 2.61 bits per heavy atom. The van der Waals surface area contributed by atoms with Crippen LogP contribution in [0.25, 0.3) is 11.1 Å². The molecule has 1 N–H and O–H groups in total. The van der Waals surface area contributed by atoms with E-state index in [0.717, 1.165) is 11.1 Å². The first-order valence-electron chi connectivity index (χ1n) is 7.57. The van der Waals surface area contributed by atoms with Crippen molar-refractivity contribution < 1.29 is 9.21 Å². The molecule has 0 radical (unpaired) electrons. The van der Waals surface area contributed by atoms with Gasteiger partial charge in [0.2, 0.25) is 0 Å². The van der Waals surface area contributed by atoms with Crippen LogP contribution in [-0.2, 0) is 0 Å². The largest absolute Gasteiger partial charge is 0.424 e. The van der Waals surface area contributed by atoms with E-state index in [1.165, 1.54) is 0 Å². The lowest BCUT2D eigenvalue weighted by Crippen LogP contribution is -2.39. The Morgan fingerprint density at radius 2 is 1.87 bits per heavy atom. The summed E-state index contributed by atoms with van der Waals surface area (Å²) in [4.78, 5) is 18.5.